The first-order chi connectivity index (χ1) is 21.0. The minimum Gasteiger partial charge on any atom is -0.481 e. The van der Waals surface area contributed by atoms with Crippen LogP contribution in [0.2, 0.25) is 5.02 Å². The fourth-order valence-electron chi connectivity index (χ4n) is 5.26. The van der Waals surface area contributed by atoms with Gasteiger partial charge in [0.25, 0.3) is 0 Å². The van der Waals surface area contributed by atoms with Gasteiger partial charge in [-0.3, -0.25) is 4.98 Å². The maximum atomic E-state index is 12.6. The Labute approximate surface area is 264 Å². The second-order valence-corrected chi connectivity index (χ2v) is 12.9. The lowest BCUT2D eigenvalue weighted by molar-refractivity contribution is -0.160. The Hall–Kier alpha value is -4.37. The van der Waals surface area contributed by atoms with Gasteiger partial charge in [0, 0.05) is 44.9 Å². The molecule has 0 fully saturated rings. The molecule has 6 aromatic rings. The average Bonchev–Trinajstić information content (AvgIpc) is 3.42. The number of carbonyl (C=O) groups is 1. The Morgan fingerprint density at radius 2 is 1.66 bits per heavy atom. The number of benzene rings is 3. The van der Waals surface area contributed by atoms with Gasteiger partial charge in [-0.15, -0.1) is 11.3 Å². The molecule has 0 saturated carbocycles. The van der Waals surface area contributed by atoms with Gasteiger partial charge in [-0.25, -0.2) is 14.8 Å². The minimum atomic E-state index is -1.18. The van der Waals surface area contributed by atoms with Crippen LogP contribution in [0.5, 0.6) is 5.88 Å². The molecule has 0 aliphatic heterocycles. The molecule has 9 heteroatoms. The van der Waals surface area contributed by atoms with Crippen LogP contribution in [0.15, 0.2) is 79.0 Å². The van der Waals surface area contributed by atoms with Crippen molar-refractivity contribution in [1.82, 2.24) is 15.0 Å². The van der Waals surface area contributed by atoms with Gasteiger partial charge in [-0.2, -0.15) is 0 Å². The summed E-state index contributed by atoms with van der Waals surface area (Å²) in [6.45, 7) is 7.47. The van der Waals surface area contributed by atoms with Crippen molar-refractivity contribution in [2.75, 3.05) is 7.11 Å². The van der Waals surface area contributed by atoms with E-state index < -0.39 is 17.7 Å². The maximum absolute atomic E-state index is 12.6. The van der Waals surface area contributed by atoms with Crippen LogP contribution in [0.25, 0.3) is 54.1 Å². The van der Waals surface area contributed by atoms with E-state index in [2.05, 4.69) is 16.0 Å². The molecule has 3 aromatic carbocycles. The lowest BCUT2D eigenvalue weighted by atomic mass is 9.91. The van der Waals surface area contributed by atoms with Gasteiger partial charge in [0.1, 0.15) is 5.01 Å². The first-order valence-corrected chi connectivity index (χ1v) is 15.2. The highest BCUT2D eigenvalue weighted by molar-refractivity contribution is 7.22. The summed E-state index contributed by atoms with van der Waals surface area (Å²) in [6.07, 6.45) is 0.604. The highest BCUT2D eigenvalue weighted by atomic mass is 35.5. The number of aryl methyl sites for hydroxylation is 1. The lowest BCUT2D eigenvalue weighted by Crippen LogP contribution is -2.28. The van der Waals surface area contributed by atoms with E-state index in [1.165, 1.54) is 11.3 Å². The zero-order valence-corrected chi connectivity index (χ0v) is 26.5. The second-order valence-electron chi connectivity index (χ2n) is 11.5. The number of rotatable bonds is 7. The molecule has 44 heavy (non-hydrogen) atoms. The number of pyridine rings is 2. The van der Waals surface area contributed by atoms with Gasteiger partial charge in [0.2, 0.25) is 5.88 Å². The van der Waals surface area contributed by atoms with Crippen LogP contribution in [0, 0.1) is 6.92 Å². The topological polar surface area (TPSA) is 94.4 Å². The number of halogens is 1. The first kappa shape index (κ1) is 29.7. The molecule has 1 atom stereocenters. The van der Waals surface area contributed by atoms with Crippen molar-refractivity contribution in [3.8, 4) is 38.8 Å². The van der Waals surface area contributed by atoms with E-state index in [0.717, 1.165) is 59.6 Å². The Morgan fingerprint density at radius 3 is 2.36 bits per heavy atom. The summed E-state index contributed by atoms with van der Waals surface area (Å²) in [5.74, 6) is -0.484. The van der Waals surface area contributed by atoms with Crippen LogP contribution in [-0.2, 0) is 9.53 Å². The normalized spacial score (nSPS) is 12.5. The molecule has 0 bridgehead atoms. The number of thiazole rings is 1. The molecule has 222 valence electrons. The molecule has 3 heterocycles. The zero-order chi connectivity index (χ0) is 31.2. The van der Waals surface area contributed by atoms with E-state index in [-0.39, 0.29) is 0 Å². The Balaban J connectivity index is 1.50. The van der Waals surface area contributed by atoms with Crippen molar-refractivity contribution < 1.29 is 19.4 Å². The molecule has 1 N–H and O–H groups in total. The highest BCUT2D eigenvalue weighted by Gasteiger charge is 2.32. The molecule has 0 spiro atoms. The van der Waals surface area contributed by atoms with E-state index in [9.17, 15) is 9.90 Å². The van der Waals surface area contributed by atoms with Crippen LogP contribution in [0.4, 0.5) is 0 Å². The van der Waals surface area contributed by atoms with Crippen molar-refractivity contribution in [2.24, 2.45) is 0 Å². The number of aromatic nitrogens is 3. The van der Waals surface area contributed by atoms with E-state index in [0.29, 0.717) is 16.5 Å². The van der Waals surface area contributed by atoms with Crippen molar-refractivity contribution >= 4 is 50.0 Å². The Bertz CT molecular complexity index is 2030. The Morgan fingerprint density at radius 1 is 0.909 bits per heavy atom. The molecular formula is C35H30ClN3O4S. The summed E-state index contributed by atoms with van der Waals surface area (Å²) >= 11 is 7.75. The molecule has 0 aliphatic carbocycles. The smallest absolute Gasteiger partial charge is 0.337 e. The quantitative estimate of drug-likeness (QED) is 0.189. The highest BCUT2D eigenvalue weighted by Crippen LogP contribution is 2.44. The summed E-state index contributed by atoms with van der Waals surface area (Å²) in [4.78, 5) is 26.8. The summed E-state index contributed by atoms with van der Waals surface area (Å²) in [7, 11) is 1.60. The number of ether oxygens (including phenoxy) is 2. The van der Waals surface area contributed by atoms with Crippen molar-refractivity contribution in [3.63, 3.8) is 0 Å². The molecule has 0 saturated heterocycles. The van der Waals surface area contributed by atoms with Gasteiger partial charge in [-0.05, 0) is 87.4 Å². The molecule has 1 unspecified atom stereocenters. The number of carboxylic acids is 1. The predicted octanol–water partition coefficient (Wildman–Crippen LogP) is 9.15. The second kappa shape index (κ2) is 11.6. The zero-order valence-electron chi connectivity index (χ0n) is 24.9. The fourth-order valence-corrected chi connectivity index (χ4v) is 6.51. The van der Waals surface area contributed by atoms with Crippen LogP contribution in [0.3, 0.4) is 0 Å². The minimum absolute atomic E-state index is 0.567. The average molecular weight is 624 g/mol. The van der Waals surface area contributed by atoms with E-state index in [1.807, 2.05) is 94.4 Å². The monoisotopic (exact) mass is 623 g/mol. The standard InChI is InChI=1S/C35H30ClN3O4S/c1-19-16-27-32(30(20-6-10-24(36)11-7-20)29(19)31(34(40)41)43-35(2,3)4)44-33(39-27)23-14-15-37-26(18-23)22-8-12-25-21(17-22)9-13-28(38-25)42-5/h6-18,31H,1-5H3,(H,40,41). The lowest BCUT2D eigenvalue weighted by Gasteiger charge is -2.28. The third kappa shape index (κ3) is 5.88. The number of fused-ring (bicyclic) bond motifs is 2. The summed E-state index contributed by atoms with van der Waals surface area (Å²) < 4.78 is 12.3. The Kier molecular flexibility index (Phi) is 7.84. The van der Waals surface area contributed by atoms with Crippen LogP contribution >= 0.6 is 22.9 Å². The number of hydrogen-bond donors (Lipinski definition) is 1. The summed E-state index contributed by atoms with van der Waals surface area (Å²) in [5.41, 5.74) is 6.62. The molecule has 0 amide bonds. The molecular weight excluding hydrogens is 594 g/mol. The molecule has 0 aliphatic rings. The number of nitrogens with zero attached hydrogens (tertiary/aromatic N) is 3. The van der Waals surface area contributed by atoms with Crippen LogP contribution in [0.1, 0.15) is 38.0 Å². The number of hydrogen-bond acceptors (Lipinski definition) is 7. The van der Waals surface area contributed by atoms with Gasteiger partial charge in [-0.1, -0.05) is 29.8 Å². The third-order valence-electron chi connectivity index (χ3n) is 7.19. The van der Waals surface area contributed by atoms with Crippen LogP contribution in [-0.4, -0.2) is 38.7 Å². The van der Waals surface area contributed by atoms with Gasteiger partial charge < -0.3 is 14.6 Å². The maximum Gasteiger partial charge on any atom is 0.337 e. The van der Waals surface area contributed by atoms with E-state index >= 15 is 0 Å². The van der Waals surface area contributed by atoms with E-state index in [4.69, 9.17) is 26.1 Å². The molecule has 6 rings (SSSR count). The molecule has 0 radical (unpaired) electrons. The van der Waals surface area contributed by atoms with Crippen molar-refractivity contribution in [2.45, 2.75) is 39.4 Å². The van der Waals surface area contributed by atoms with Crippen LogP contribution < -0.4 is 4.74 Å². The fraction of sp³-hybridized carbons (Fsp3) is 0.200. The number of methoxy groups -OCH3 is 1. The van der Waals surface area contributed by atoms with Gasteiger partial charge in [0.15, 0.2) is 6.10 Å². The summed E-state index contributed by atoms with van der Waals surface area (Å²) in [5, 5.41) is 12.7. The number of aliphatic carboxylic acids is 1. The predicted molar refractivity (Wildman–Crippen MR) is 177 cm³/mol. The summed E-state index contributed by atoms with van der Waals surface area (Å²) in [6, 6.07) is 23.2. The van der Waals surface area contributed by atoms with E-state index in [1.54, 1.807) is 13.3 Å². The van der Waals surface area contributed by atoms with Gasteiger partial charge in [0.05, 0.1) is 34.1 Å². The van der Waals surface area contributed by atoms with Crippen molar-refractivity contribution in [3.05, 3.63) is 95.1 Å². The first-order valence-electron chi connectivity index (χ1n) is 14.0. The third-order valence-corrected chi connectivity index (χ3v) is 8.58. The molecule has 7 nitrogen and oxygen atoms in total. The van der Waals surface area contributed by atoms with Crippen molar-refractivity contribution in [1.29, 1.82) is 0 Å². The number of carboxylic acid groups (broad SMARTS) is 1. The largest absolute Gasteiger partial charge is 0.481 e. The molecule has 3 aromatic heterocycles. The SMILES string of the molecule is COc1ccc2cc(-c3cc(-c4nc5cc(C)c(C(OC(C)(C)C)C(=O)O)c(-c6ccc(Cl)cc6)c5s4)ccn3)ccc2n1. The van der Waals surface area contributed by atoms with Gasteiger partial charge >= 0.3 is 5.97 Å².